The van der Waals surface area contributed by atoms with Gasteiger partial charge in [-0.2, -0.15) is 0 Å². The van der Waals surface area contributed by atoms with E-state index in [0.717, 1.165) is 12.8 Å². The summed E-state index contributed by atoms with van der Waals surface area (Å²) in [7, 11) is 0. The third-order valence-corrected chi connectivity index (χ3v) is 3.23. The molecule has 19 heavy (non-hydrogen) atoms. The molecule has 2 N–H and O–H groups in total. The standard InChI is InChI=1S/C14H28N2O3/c1-6-11(7-2)15-12(17)10-16(14(3,4)5)9-8-13(18)19/h11H,6-10H2,1-5H3,(H,15,17)(H,18,19). The van der Waals surface area contributed by atoms with Crippen molar-refractivity contribution in [1.29, 1.82) is 0 Å². The first-order valence-corrected chi connectivity index (χ1v) is 6.96. The van der Waals surface area contributed by atoms with Crippen LogP contribution in [0.15, 0.2) is 0 Å². The zero-order valence-electron chi connectivity index (χ0n) is 12.8. The molecule has 5 heteroatoms. The molecule has 0 bridgehead atoms. The molecule has 0 aromatic heterocycles. The van der Waals surface area contributed by atoms with E-state index in [9.17, 15) is 9.59 Å². The third-order valence-electron chi connectivity index (χ3n) is 3.23. The van der Waals surface area contributed by atoms with E-state index < -0.39 is 5.97 Å². The van der Waals surface area contributed by atoms with Gasteiger partial charge in [-0.15, -0.1) is 0 Å². The highest BCUT2D eigenvalue weighted by Gasteiger charge is 2.24. The van der Waals surface area contributed by atoms with Crippen LogP contribution in [-0.2, 0) is 9.59 Å². The van der Waals surface area contributed by atoms with Crippen LogP contribution in [0.25, 0.3) is 0 Å². The number of amides is 1. The Hall–Kier alpha value is -1.10. The summed E-state index contributed by atoms with van der Waals surface area (Å²) in [6.45, 7) is 10.7. The van der Waals surface area contributed by atoms with Crippen molar-refractivity contribution >= 4 is 11.9 Å². The molecule has 0 fully saturated rings. The van der Waals surface area contributed by atoms with E-state index in [0.29, 0.717) is 6.54 Å². The van der Waals surface area contributed by atoms with E-state index >= 15 is 0 Å². The van der Waals surface area contributed by atoms with Crippen LogP contribution in [0.4, 0.5) is 0 Å². The molecule has 0 radical (unpaired) electrons. The van der Waals surface area contributed by atoms with Crippen LogP contribution in [-0.4, -0.2) is 46.6 Å². The lowest BCUT2D eigenvalue weighted by Crippen LogP contribution is -2.49. The fourth-order valence-electron chi connectivity index (χ4n) is 1.82. The molecule has 0 saturated heterocycles. The number of rotatable bonds is 8. The average molecular weight is 272 g/mol. The molecule has 0 aliphatic rings. The van der Waals surface area contributed by atoms with Crippen LogP contribution in [0, 0.1) is 0 Å². The highest BCUT2D eigenvalue weighted by molar-refractivity contribution is 5.78. The quantitative estimate of drug-likeness (QED) is 0.707. The molecule has 112 valence electrons. The molecule has 0 rings (SSSR count). The van der Waals surface area contributed by atoms with E-state index in [1.54, 1.807) is 0 Å². The summed E-state index contributed by atoms with van der Waals surface area (Å²) < 4.78 is 0. The Labute approximate surface area is 116 Å². The summed E-state index contributed by atoms with van der Waals surface area (Å²) >= 11 is 0. The minimum absolute atomic E-state index is 0.0333. The van der Waals surface area contributed by atoms with Crippen LogP contribution < -0.4 is 5.32 Å². The van der Waals surface area contributed by atoms with Crippen molar-refractivity contribution in [3.8, 4) is 0 Å². The molecular formula is C14H28N2O3. The van der Waals surface area contributed by atoms with Gasteiger partial charge in [0, 0.05) is 18.1 Å². The van der Waals surface area contributed by atoms with Gasteiger partial charge in [0.2, 0.25) is 5.91 Å². The Bertz CT molecular complexity index is 294. The highest BCUT2D eigenvalue weighted by Crippen LogP contribution is 2.13. The molecule has 5 nitrogen and oxygen atoms in total. The van der Waals surface area contributed by atoms with Gasteiger partial charge in [-0.05, 0) is 33.6 Å². The number of carbonyl (C=O) groups excluding carboxylic acids is 1. The summed E-state index contributed by atoms with van der Waals surface area (Å²) in [5, 5.41) is 11.7. The Morgan fingerprint density at radius 1 is 1.21 bits per heavy atom. The van der Waals surface area contributed by atoms with Crippen molar-refractivity contribution in [2.45, 2.75) is 65.5 Å². The molecule has 0 aliphatic heterocycles. The summed E-state index contributed by atoms with van der Waals surface area (Å²) in [6.07, 6.45) is 1.87. The van der Waals surface area contributed by atoms with Crippen LogP contribution in [0.1, 0.15) is 53.9 Å². The lowest BCUT2D eigenvalue weighted by molar-refractivity contribution is -0.138. The molecule has 0 saturated carbocycles. The van der Waals surface area contributed by atoms with Gasteiger partial charge in [-0.25, -0.2) is 0 Å². The zero-order chi connectivity index (χ0) is 15.1. The predicted octanol–water partition coefficient (Wildman–Crippen LogP) is 1.87. The van der Waals surface area contributed by atoms with Gasteiger partial charge in [0.15, 0.2) is 0 Å². The minimum atomic E-state index is -0.838. The SMILES string of the molecule is CCC(CC)NC(=O)CN(CCC(=O)O)C(C)(C)C. The van der Waals surface area contributed by atoms with Crippen LogP contribution >= 0.6 is 0 Å². The van der Waals surface area contributed by atoms with Gasteiger partial charge >= 0.3 is 5.97 Å². The van der Waals surface area contributed by atoms with E-state index in [1.807, 2.05) is 39.5 Å². The molecule has 0 aromatic carbocycles. The average Bonchev–Trinajstić information content (AvgIpc) is 2.29. The topological polar surface area (TPSA) is 69.6 Å². The molecule has 0 spiro atoms. The lowest BCUT2D eigenvalue weighted by Gasteiger charge is -2.35. The van der Waals surface area contributed by atoms with Crippen molar-refractivity contribution in [2.75, 3.05) is 13.1 Å². The molecule has 0 aromatic rings. The monoisotopic (exact) mass is 272 g/mol. The number of nitrogens with zero attached hydrogens (tertiary/aromatic N) is 1. The lowest BCUT2D eigenvalue weighted by atomic mass is 10.1. The molecule has 0 unspecified atom stereocenters. The van der Waals surface area contributed by atoms with Crippen LogP contribution in [0.5, 0.6) is 0 Å². The van der Waals surface area contributed by atoms with Crippen LogP contribution in [0.2, 0.25) is 0 Å². The number of nitrogens with one attached hydrogen (secondary N) is 1. The van der Waals surface area contributed by atoms with Crippen molar-refractivity contribution in [1.82, 2.24) is 10.2 Å². The van der Waals surface area contributed by atoms with E-state index in [1.165, 1.54) is 0 Å². The first kappa shape index (κ1) is 17.9. The third kappa shape index (κ3) is 7.82. The van der Waals surface area contributed by atoms with Crippen molar-refractivity contribution in [2.24, 2.45) is 0 Å². The normalized spacial score (nSPS) is 11.9. The smallest absolute Gasteiger partial charge is 0.304 e. The second kappa shape index (κ2) is 8.15. The maximum Gasteiger partial charge on any atom is 0.304 e. The number of hydrogen-bond acceptors (Lipinski definition) is 3. The number of carboxylic acid groups (broad SMARTS) is 1. The summed E-state index contributed by atoms with van der Waals surface area (Å²) in [6, 6.07) is 0.203. The molecule has 0 heterocycles. The first-order chi connectivity index (χ1) is 8.70. The van der Waals surface area contributed by atoms with Crippen molar-refractivity contribution < 1.29 is 14.7 Å². The fourth-order valence-corrected chi connectivity index (χ4v) is 1.82. The minimum Gasteiger partial charge on any atom is -0.481 e. The van der Waals surface area contributed by atoms with E-state index in [4.69, 9.17) is 5.11 Å². The summed E-state index contributed by atoms with van der Waals surface area (Å²) in [5.41, 5.74) is -0.222. The van der Waals surface area contributed by atoms with Gasteiger partial charge in [0.1, 0.15) is 0 Å². The molecule has 0 aliphatic carbocycles. The Balaban J connectivity index is 4.47. The van der Waals surface area contributed by atoms with Gasteiger partial charge in [-0.3, -0.25) is 14.5 Å². The second-order valence-electron chi connectivity index (χ2n) is 5.82. The summed E-state index contributed by atoms with van der Waals surface area (Å²) in [4.78, 5) is 24.5. The molecular weight excluding hydrogens is 244 g/mol. The largest absolute Gasteiger partial charge is 0.481 e. The Kier molecular flexibility index (Phi) is 7.68. The summed E-state index contributed by atoms with van der Waals surface area (Å²) in [5.74, 6) is -0.872. The first-order valence-electron chi connectivity index (χ1n) is 6.96. The van der Waals surface area contributed by atoms with Gasteiger partial charge in [-0.1, -0.05) is 13.8 Å². The van der Waals surface area contributed by atoms with Gasteiger partial charge < -0.3 is 10.4 Å². The fraction of sp³-hybridized carbons (Fsp3) is 0.857. The van der Waals surface area contributed by atoms with E-state index in [2.05, 4.69) is 5.32 Å². The highest BCUT2D eigenvalue weighted by atomic mass is 16.4. The zero-order valence-corrected chi connectivity index (χ0v) is 12.8. The molecule has 0 atom stereocenters. The van der Waals surface area contributed by atoms with Gasteiger partial charge in [0.05, 0.1) is 13.0 Å². The van der Waals surface area contributed by atoms with E-state index in [-0.39, 0.29) is 30.5 Å². The second-order valence-corrected chi connectivity index (χ2v) is 5.82. The maximum atomic E-state index is 12.0. The number of aliphatic carboxylic acids is 1. The molecule has 1 amide bonds. The Morgan fingerprint density at radius 3 is 2.11 bits per heavy atom. The Morgan fingerprint density at radius 2 is 1.74 bits per heavy atom. The van der Waals surface area contributed by atoms with Crippen molar-refractivity contribution in [3.05, 3.63) is 0 Å². The maximum absolute atomic E-state index is 12.0. The van der Waals surface area contributed by atoms with Crippen LogP contribution in [0.3, 0.4) is 0 Å². The van der Waals surface area contributed by atoms with Gasteiger partial charge in [0.25, 0.3) is 0 Å². The number of carboxylic acids is 1. The van der Waals surface area contributed by atoms with Crippen molar-refractivity contribution in [3.63, 3.8) is 0 Å². The predicted molar refractivity (Wildman–Crippen MR) is 76.1 cm³/mol. The number of carbonyl (C=O) groups is 2. The number of hydrogen-bond donors (Lipinski definition) is 2.